The highest BCUT2D eigenvalue weighted by Crippen LogP contribution is 2.22. The molecular formula is C17H26ClN3O2. The first-order chi connectivity index (χ1) is 10.8. The number of hydrogen-bond acceptors (Lipinski definition) is 3. The van der Waals surface area contributed by atoms with Gasteiger partial charge in [0.1, 0.15) is 0 Å². The molecule has 1 aromatic rings. The number of carbonyl (C=O) groups is 2. The molecule has 0 saturated heterocycles. The van der Waals surface area contributed by atoms with Gasteiger partial charge >= 0.3 is 6.03 Å². The number of halogens is 1. The van der Waals surface area contributed by atoms with Crippen molar-refractivity contribution in [1.29, 1.82) is 0 Å². The Bertz CT molecular complexity index is 515. The van der Waals surface area contributed by atoms with Crippen LogP contribution >= 0.6 is 11.6 Å². The lowest BCUT2D eigenvalue weighted by Gasteiger charge is -2.22. The molecule has 0 heterocycles. The summed E-state index contributed by atoms with van der Waals surface area (Å²) in [4.78, 5) is 23.4. The standard InChI is InChI=1S/C17H26ClN3O2/c1-11(2)9-20-17(23)21-15(22)10-19-16(12(3)4)13-5-7-14(18)8-6-13/h5-8,11-12,16,19H,9-10H2,1-4H3,(H2,20,21,22,23)/t16-/m0/s1. The van der Waals surface area contributed by atoms with Gasteiger partial charge in [-0.1, -0.05) is 51.4 Å². The van der Waals surface area contributed by atoms with Crippen LogP contribution in [0.25, 0.3) is 0 Å². The van der Waals surface area contributed by atoms with E-state index in [-0.39, 0.29) is 18.5 Å². The SMILES string of the molecule is CC(C)CNC(=O)NC(=O)CN[C@H](c1ccc(Cl)cc1)C(C)C. The molecule has 6 heteroatoms. The van der Waals surface area contributed by atoms with Gasteiger partial charge in [0.2, 0.25) is 5.91 Å². The molecule has 3 N–H and O–H groups in total. The van der Waals surface area contributed by atoms with E-state index < -0.39 is 6.03 Å². The fourth-order valence-corrected chi connectivity index (χ4v) is 2.25. The quantitative estimate of drug-likeness (QED) is 0.715. The smallest absolute Gasteiger partial charge is 0.321 e. The molecule has 5 nitrogen and oxygen atoms in total. The highest BCUT2D eigenvalue weighted by molar-refractivity contribution is 6.30. The molecular weight excluding hydrogens is 314 g/mol. The van der Waals surface area contributed by atoms with E-state index in [0.29, 0.717) is 23.4 Å². The lowest BCUT2D eigenvalue weighted by Crippen LogP contribution is -2.45. The summed E-state index contributed by atoms with van der Waals surface area (Å²) in [5, 5.41) is 8.83. The molecule has 1 atom stereocenters. The van der Waals surface area contributed by atoms with Crippen molar-refractivity contribution in [3.05, 3.63) is 34.9 Å². The second-order valence-corrected chi connectivity index (χ2v) is 6.74. The van der Waals surface area contributed by atoms with Crippen LogP contribution in [-0.4, -0.2) is 25.0 Å². The molecule has 0 aliphatic heterocycles. The molecule has 1 aromatic carbocycles. The van der Waals surface area contributed by atoms with Crippen LogP contribution in [0.5, 0.6) is 0 Å². The maximum atomic E-state index is 11.9. The molecule has 1 rings (SSSR count). The predicted molar refractivity (Wildman–Crippen MR) is 93.4 cm³/mol. The zero-order chi connectivity index (χ0) is 17.4. The molecule has 128 valence electrons. The minimum Gasteiger partial charge on any atom is -0.338 e. The molecule has 23 heavy (non-hydrogen) atoms. The van der Waals surface area contributed by atoms with E-state index in [1.54, 1.807) is 0 Å². The third-order valence-corrected chi connectivity index (χ3v) is 3.55. The Kier molecular flexibility index (Phi) is 8.06. The second kappa shape index (κ2) is 9.53. The van der Waals surface area contributed by atoms with Gasteiger partial charge in [-0.3, -0.25) is 10.1 Å². The Morgan fingerprint density at radius 2 is 1.70 bits per heavy atom. The summed E-state index contributed by atoms with van der Waals surface area (Å²) in [5.74, 6) is 0.272. The van der Waals surface area contributed by atoms with Gasteiger partial charge < -0.3 is 10.6 Å². The zero-order valence-electron chi connectivity index (χ0n) is 14.2. The van der Waals surface area contributed by atoms with E-state index in [4.69, 9.17) is 11.6 Å². The van der Waals surface area contributed by atoms with Gasteiger partial charge in [-0.05, 0) is 29.5 Å². The Morgan fingerprint density at radius 1 is 1.09 bits per heavy atom. The molecule has 0 bridgehead atoms. The van der Waals surface area contributed by atoms with E-state index in [9.17, 15) is 9.59 Å². The molecule has 0 aliphatic carbocycles. The molecule has 0 saturated carbocycles. The topological polar surface area (TPSA) is 70.2 Å². The van der Waals surface area contributed by atoms with Crippen LogP contribution in [0, 0.1) is 11.8 Å². The molecule has 0 aliphatic rings. The van der Waals surface area contributed by atoms with Gasteiger partial charge in [-0.2, -0.15) is 0 Å². The van der Waals surface area contributed by atoms with Crippen molar-refractivity contribution in [3.63, 3.8) is 0 Å². The molecule has 0 radical (unpaired) electrons. The minimum atomic E-state index is -0.460. The highest BCUT2D eigenvalue weighted by atomic mass is 35.5. The van der Waals surface area contributed by atoms with Crippen molar-refractivity contribution >= 4 is 23.5 Å². The number of nitrogens with one attached hydrogen (secondary N) is 3. The van der Waals surface area contributed by atoms with Crippen LogP contribution in [-0.2, 0) is 4.79 Å². The van der Waals surface area contributed by atoms with Crippen LogP contribution in [0.15, 0.2) is 24.3 Å². The fourth-order valence-electron chi connectivity index (χ4n) is 2.12. The average Bonchev–Trinajstić information content (AvgIpc) is 2.46. The van der Waals surface area contributed by atoms with Crippen LogP contribution in [0.2, 0.25) is 5.02 Å². The first-order valence-electron chi connectivity index (χ1n) is 7.86. The van der Waals surface area contributed by atoms with Crippen LogP contribution in [0.1, 0.15) is 39.3 Å². The average molecular weight is 340 g/mol. The van der Waals surface area contributed by atoms with E-state index >= 15 is 0 Å². The van der Waals surface area contributed by atoms with Crippen molar-refractivity contribution in [2.45, 2.75) is 33.7 Å². The molecule has 0 fully saturated rings. The van der Waals surface area contributed by atoms with Gasteiger partial charge in [-0.25, -0.2) is 4.79 Å². The summed E-state index contributed by atoms with van der Waals surface area (Å²) >= 11 is 5.90. The number of imide groups is 1. The molecule has 0 unspecified atom stereocenters. The largest absolute Gasteiger partial charge is 0.338 e. The third-order valence-electron chi connectivity index (χ3n) is 3.30. The minimum absolute atomic E-state index is 0.0109. The van der Waals surface area contributed by atoms with Gasteiger partial charge in [0.25, 0.3) is 0 Å². The zero-order valence-corrected chi connectivity index (χ0v) is 14.9. The summed E-state index contributed by atoms with van der Waals surface area (Å²) in [5.41, 5.74) is 1.06. The van der Waals surface area contributed by atoms with E-state index in [2.05, 4.69) is 29.8 Å². The number of carbonyl (C=O) groups excluding carboxylic acids is 2. The van der Waals surface area contributed by atoms with Gasteiger partial charge in [-0.15, -0.1) is 0 Å². The third kappa shape index (κ3) is 7.48. The van der Waals surface area contributed by atoms with Crippen molar-refractivity contribution in [3.8, 4) is 0 Å². The van der Waals surface area contributed by atoms with Crippen molar-refractivity contribution < 1.29 is 9.59 Å². The summed E-state index contributed by atoms with van der Waals surface area (Å²) in [6.07, 6.45) is 0. The maximum Gasteiger partial charge on any atom is 0.321 e. The van der Waals surface area contributed by atoms with Crippen LogP contribution < -0.4 is 16.0 Å². The van der Waals surface area contributed by atoms with E-state index in [1.165, 1.54) is 0 Å². The van der Waals surface area contributed by atoms with Crippen LogP contribution in [0.4, 0.5) is 4.79 Å². The molecule has 3 amide bonds. The summed E-state index contributed by atoms with van der Waals surface area (Å²) in [6.45, 7) is 8.72. The number of hydrogen-bond donors (Lipinski definition) is 3. The normalized spacial score (nSPS) is 12.3. The Balaban J connectivity index is 2.50. The van der Waals surface area contributed by atoms with E-state index in [0.717, 1.165) is 5.56 Å². The van der Waals surface area contributed by atoms with Gasteiger partial charge in [0, 0.05) is 17.6 Å². The Labute approximate surface area is 143 Å². The van der Waals surface area contributed by atoms with Crippen molar-refractivity contribution in [2.75, 3.05) is 13.1 Å². The fraction of sp³-hybridized carbons (Fsp3) is 0.529. The first kappa shape index (κ1) is 19.5. The lowest BCUT2D eigenvalue weighted by molar-refractivity contribution is -0.119. The second-order valence-electron chi connectivity index (χ2n) is 6.31. The predicted octanol–water partition coefficient (Wildman–Crippen LogP) is 3.11. The highest BCUT2D eigenvalue weighted by Gasteiger charge is 2.17. The number of benzene rings is 1. The number of urea groups is 1. The molecule has 0 aromatic heterocycles. The maximum absolute atomic E-state index is 11.9. The van der Waals surface area contributed by atoms with Crippen LogP contribution in [0.3, 0.4) is 0 Å². The summed E-state index contributed by atoms with van der Waals surface area (Å²) in [6, 6.07) is 7.08. The molecule has 0 spiro atoms. The van der Waals surface area contributed by atoms with Gasteiger partial charge in [0.15, 0.2) is 0 Å². The van der Waals surface area contributed by atoms with Crippen molar-refractivity contribution in [2.24, 2.45) is 11.8 Å². The van der Waals surface area contributed by atoms with Gasteiger partial charge in [0.05, 0.1) is 6.54 Å². The van der Waals surface area contributed by atoms with Crippen molar-refractivity contribution in [1.82, 2.24) is 16.0 Å². The summed E-state index contributed by atoms with van der Waals surface area (Å²) in [7, 11) is 0. The monoisotopic (exact) mass is 339 g/mol. The first-order valence-corrected chi connectivity index (χ1v) is 8.24. The Morgan fingerprint density at radius 3 is 2.22 bits per heavy atom. The summed E-state index contributed by atoms with van der Waals surface area (Å²) < 4.78 is 0. The lowest BCUT2D eigenvalue weighted by atomic mass is 9.96. The number of amides is 3. The van der Waals surface area contributed by atoms with E-state index in [1.807, 2.05) is 38.1 Å². The Hall–Kier alpha value is -1.59. The number of rotatable bonds is 7.